The van der Waals surface area contributed by atoms with E-state index in [0.29, 0.717) is 17.9 Å². The number of ether oxygens (including phenoxy) is 1. The third kappa shape index (κ3) is 3.54. The van der Waals surface area contributed by atoms with Crippen LogP contribution in [0.4, 0.5) is 0 Å². The molecule has 2 saturated carbocycles. The standard InChI is InChI=1S/C30H39NO6/c1-16-14-29-17(2)11-21-23(28(21,3)4)20(25(29)34)13-19(15-32)24(33)30(29,36)26(16)37-27(35)22(31-5)12-18-9-7-6-8-10-18/h6-10,13-14,17,20-24,26,31-33,36H,11-12,15H2,1-5H3/t17-,20+,21-,22?,23+,24-,26+,29+,30+/m1/s1. The number of allylic oxidation sites excluding steroid dienone is 1. The molecule has 0 aromatic heterocycles. The van der Waals surface area contributed by atoms with E-state index in [1.54, 1.807) is 26.1 Å². The molecule has 9 atom stereocenters. The minimum absolute atomic E-state index is 0.0403. The topological polar surface area (TPSA) is 116 Å². The second-order valence-corrected chi connectivity index (χ2v) is 12.2. The molecule has 1 unspecified atom stereocenters. The number of aliphatic hydroxyl groups excluding tert-OH is 2. The summed E-state index contributed by atoms with van der Waals surface area (Å²) in [5.41, 5.74) is -1.91. The zero-order valence-corrected chi connectivity index (χ0v) is 22.3. The molecule has 0 aliphatic heterocycles. The Kier molecular flexibility index (Phi) is 6.30. The van der Waals surface area contributed by atoms with Crippen molar-refractivity contribution in [3.8, 4) is 0 Å². The van der Waals surface area contributed by atoms with Gasteiger partial charge >= 0.3 is 5.97 Å². The summed E-state index contributed by atoms with van der Waals surface area (Å²) < 4.78 is 6.00. The quantitative estimate of drug-likeness (QED) is 0.343. The Balaban J connectivity index is 1.54. The van der Waals surface area contributed by atoms with Gasteiger partial charge in [-0.1, -0.05) is 63.3 Å². The Morgan fingerprint density at radius 2 is 1.92 bits per heavy atom. The van der Waals surface area contributed by atoms with E-state index in [4.69, 9.17) is 4.74 Å². The predicted octanol–water partition coefficient (Wildman–Crippen LogP) is 2.20. The van der Waals surface area contributed by atoms with Crippen molar-refractivity contribution in [1.29, 1.82) is 0 Å². The fourth-order valence-corrected chi connectivity index (χ4v) is 7.94. The Morgan fingerprint density at radius 3 is 2.54 bits per heavy atom. The number of esters is 1. The van der Waals surface area contributed by atoms with Crippen LogP contribution in [0, 0.1) is 34.5 Å². The summed E-state index contributed by atoms with van der Waals surface area (Å²) in [4.78, 5) is 27.8. The lowest BCUT2D eigenvalue weighted by Gasteiger charge is -2.49. The minimum Gasteiger partial charge on any atom is -0.453 e. The van der Waals surface area contributed by atoms with Crippen molar-refractivity contribution in [3.63, 3.8) is 0 Å². The number of hydrogen-bond donors (Lipinski definition) is 4. The number of nitrogens with one attached hydrogen (secondary N) is 1. The molecule has 7 heteroatoms. The average Bonchev–Trinajstić information content (AvgIpc) is 3.36. The first-order valence-electron chi connectivity index (χ1n) is 13.3. The molecule has 1 aromatic carbocycles. The number of carbonyl (C=O) groups is 2. The fourth-order valence-electron chi connectivity index (χ4n) is 7.94. The molecule has 4 N–H and O–H groups in total. The molecule has 200 valence electrons. The molecule has 2 bridgehead atoms. The Morgan fingerprint density at radius 1 is 1.24 bits per heavy atom. The second kappa shape index (κ2) is 8.87. The predicted molar refractivity (Wildman–Crippen MR) is 138 cm³/mol. The van der Waals surface area contributed by atoms with E-state index >= 15 is 0 Å². The molecule has 1 spiro atoms. The van der Waals surface area contributed by atoms with Gasteiger partial charge in [-0.05, 0) is 66.7 Å². The largest absolute Gasteiger partial charge is 0.453 e. The smallest absolute Gasteiger partial charge is 0.324 e. The number of hydrogen-bond acceptors (Lipinski definition) is 7. The molecule has 0 amide bonds. The van der Waals surface area contributed by atoms with Crippen LogP contribution < -0.4 is 5.32 Å². The third-order valence-electron chi connectivity index (χ3n) is 10.0. The highest BCUT2D eigenvalue weighted by atomic mass is 16.6. The van der Waals surface area contributed by atoms with Crippen LogP contribution in [0.15, 0.2) is 53.6 Å². The van der Waals surface area contributed by atoms with Gasteiger partial charge in [0.05, 0.1) is 12.0 Å². The van der Waals surface area contributed by atoms with Crippen LogP contribution >= 0.6 is 0 Å². The van der Waals surface area contributed by atoms with Crippen molar-refractivity contribution in [3.05, 3.63) is 59.2 Å². The minimum atomic E-state index is -2.13. The molecule has 7 nitrogen and oxygen atoms in total. The number of carbonyl (C=O) groups excluding carboxylic acids is 2. The number of rotatable bonds is 6. The number of ketones is 1. The molecule has 4 aliphatic rings. The zero-order chi connectivity index (χ0) is 26.9. The molecule has 5 rings (SSSR count). The Labute approximate surface area is 218 Å². The lowest BCUT2D eigenvalue weighted by molar-refractivity contribution is -0.204. The summed E-state index contributed by atoms with van der Waals surface area (Å²) in [5, 5.41) is 37.4. The van der Waals surface area contributed by atoms with Crippen LogP contribution in [0.1, 0.15) is 39.7 Å². The molecular formula is C30H39NO6. The summed E-state index contributed by atoms with van der Waals surface area (Å²) in [5.74, 6) is -1.19. The van der Waals surface area contributed by atoms with E-state index in [9.17, 15) is 24.9 Å². The molecule has 0 saturated heterocycles. The van der Waals surface area contributed by atoms with Crippen LogP contribution in [0.25, 0.3) is 0 Å². The van der Waals surface area contributed by atoms with Gasteiger partial charge in [0, 0.05) is 5.92 Å². The molecule has 4 aliphatic carbocycles. The number of Topliss-reactive ketones (excluding diaryl/α,β-unsaturated/α-hetero) is 1. The number of benzene rings is 1. The van der Waals surface area contributed by atoms with E-state index in [0.717, 1.165) is 12.0 Å². The van der Waals surface area contributed by atoms with Gasteiger partial charge in [-0.2, -0.15) is 0 Å². The summed E-state index contributed by atoms with van der Waals surface area (Å²) >= 11 is 0. The van der Waals surface area contributed by atoms with Crippen molar-refractivity contribution in [2.75, 3.05) is 13.7 Å². The number of likely N-dealkylation sites (N-methyl/N-ethyl adjacent to an activating group) is 1. The van der Waals surface area contributed by atoms with Crippen LogP contribution in [0.2, 0.25) is 0 Å². The van der Waals surface area contributed by atoms with Crippen molar-refractivity contribution < 1.29 is 29.6 Å². The maximum atomic E-state index is 14.4. The zero-order valence-electron chi connectivity index (χ0n) is 22.3. The van der Waals surface area contributed by atoms with Gasteiger partial charge < -0.3 is 25.4 Å². The molecule has 0 radical (unpaired) electrons. The lowest BCUT2D eigenvalue weighted by atomic mass is 9.59. The Hall–Kier alpha value is -2.32. The summed E-state index contributed by atoms with van der Waals surface area (Å²) in [6, 6.07) is 8.86. The maximum absolute atomic E-state index is 14.4. The lowest BCUT2D eigenvalue weighted by Crippen LogP contribution is -2.66. The highest BCUT2D eigenvalue weighted by Crippen LogP contribution is 2.71. The van der Waals surface area contributed by atoms with E-state index < -0.39 is 47.8 Å². The SMILES string of the molecule is CNC(Cc1ccccc1)C(=O)O[C@H]1C(C)=C[C@]23C(=O)[C@@H](C=C(CO)[C@@H](O)[C@]12O)[C@H]1[C@@H](C[C@H]3C)C1(C)C. The molecule has 0 heterocycles. The molecule has 2 fully saturated rings. The highest BCUT2D eigenvalue weighted by molar-refractivity contribution is 5.95. The fraction of sp³-hybridized carbons (Fsp3) is 0.600. The highest BCUT2D eigenvalue weighted by Gasteiger charge is 2.76. The Bertz CT molecular complexity index is 1160. The van der Waals surface area contributed by atoms with Crippen molar-refractivity contribution in [2.45, 2.75) is 64.4 Å². The van der Waals surface area contributed by atoms with Gasteiger partial charge in [0.25, 0.3) is 0 Å². The number of fused-ring (bicyclic) bond motifs is 3. The van der Waals surface area contributed by atoms with Crippen LogP contribution in [0.5, 0.6) is 0 Å². The first-order chi connectivity index (χ1) is 17.4. The van der Waals surface area contributed by atoms with E-state index in [2.05, 4.69) is 19.2 Å². The van der Waals surface area contributed by atoms with Gasteiger partial charge in [0.15, 0.2) is 17.5 Å². The molecule has 37 heavy (non-hydrogen) atoms. The van der Waals surface area contributed by atoms with Crippen molar-refractivity contribution in [2.24, 2.45) is 34.5 Å². The first-order valence-corrected chi connectivity index (χ1v) is 13.3. The number of aliphatic hydroxyl groups is 3. The van der Waals surface area contributed by atoms with Crippen molar-refractivity contribution >= 4 is 11.8 Å². The normalized spacial score (nSPS) is 40.4. The van der Waals surface area contributed by atoms with Gasteiger partial charge in [-0.3, -0.25) is 9.59 Å². The van der Waals surface area contributed by atoms with Crippen LogP contribution in [0.3, 0.4) is 0 Å². The van der Waals surface area contributed by atoms with Crippen molar-refractivity contribution in [1.82, 2.24) is 5.32 Å². The van der Waals surface area contributed by atoms with Gasteiger partial charge in [0.2, 0.25) is 0 Å². The monoisotopic (exact) mass is 509 g/mol. The van der Waals surface area contributed by atoms with Gasteiger partial charge in [-0.25, -0.2) is 0 Å². The van der Waals surface area contributed by atoms with E-state index in [1.165, 1.54) is 0 Å². The average molecular weight is 510 g/mol. The van der Waals surface area contributed by atoms with Crippen LogP contribution in [-0.4, -0.2) is 64.6 Å². The summed E-state index contributed by atoms with van der Waals surface area (Å²) in [7, 11) is 1.67. The maximum Gasteiger partial charge on any atom is 0.324 e. The second-order valence-electron chi connectivity index (χ2n) is 12.2. The third-order valence-corrected chi connectivity index (χ3v) is 10.0. The van der Waals surface area contributed by atoms with E-state index in [-0.39, 0.29) is 28.6 Å². The van der Waals surface area contributed by atoms with Gasteiger partial charge in [-0.15, -0.1) is 0 Å². The summed E-state index contributed by atoms with van der Waals surface area (Å²) in [6.07, 6.45) is 1.74. The molecule has 1 aromatic rings. The van der Waals surface area contributed by atoms with Gasteiger partial charge in [0.1, 0.15) is 12.1 Å². The van der Waals surface area contributed by atoms with E-state index in [1.807, 2.05) is 37.3 Å². The first kappa shape index (κ1) is 26.3. The summed E-state index contributed by atoms with van der Waals surface area (Å²) in [6.45, 7) is 7.51. The molecular weight excluding hydrogens is 470 g/mol. The van der Waals surface area contributed by atoms with Crippen LogP contribution in [-0.2, 0) is 20.7 Å².